The van der Waals surface area contributed by atoms with Crippen LogP contribution in [0.25, 0.3) is 0 Å². The summed E-state index contributed by atoms with van der Waals surface area (Å²) in [4.78, 5) is 14.4. The molecular weight excluding hydrogens is 222 g/mol. The van der Waals surface area contributed by atoms with Crippen molar-refractivity contribution in [2.45, 2.75) is 45.4 Å². The first-order valence-corrected chi connectivity index (χ1v) is 7.20. The maximum absolute atomic E-state index is 12.0. The molecule has 1 aliphatic rings. The van der Waals surface area contributed by atoms with Crippen LogP contribution in [-0.2, 0) is 0 Å². The Hall–Kier alpha value is -1.31. The monoisotopic (exact) mass is 245 g/mol. The van der Waals surface area contributed by atoms with Crippen LogP contribution in [0.15, 0.2) is 24.3 Å². The molecule has 1 aromatic carbocycles. The zero-order chi connectivity index (χ0) is 12.8. The molecule has 0 amide bonds. The molecule has 1 saturated heterocycles. The van der Waals surface area contributed by atoms with E-state index in [-0.39, 0.29) is 5.78 Å². The number of hydrogen-bond acceptors (Lipinski definition) is 2. The van der Waals surface area contributed by atoms with Gasteiger partial charge in [0.15, 0.2) is 5.78 Å². The van der Waals surface area contributed by atoms with Crippen molar-refractivity contribution in [1.29, 1.82) is 0 Å². The normalized spacial score (nSPS) is 17.1. The summed E-state index contributed by atoms with van der Waals surface area (Å²) in [5.41, 5.74) is 2.05. The van der Waals surface area contributed by atoms with Gasteiger partial charge in [-0.1, -0.05) is 38.3 Å². The van der Waals surface area contributed by atoms with Crippen LogP contribution < -0.4 is 4.90 Å². The molecule has 1 heterocycles. The number of rotatable bonds is 3. The highest BCUT2D eigenvalue weighted by atomic mass is 16.1. The van der Waals surface area contributed by atoms with Gasteiger partial charge in [-0.25, -0.2) is 0 Å². The topological polar surface area (TPSA) is 20.3 Å². The Morgan fingerprint density at radius 3 is 2.33 bits per heavy atom. The van der Waals surface area contributed by atoms with Crippen LogP contribution >= 0.6 is 0 Å². The second kappa shape index (κ2) is 6.58. The van der Waals surface area contributed by atoms with E-state index in [0.29, 0.717) is 6.42 Å². The summed E-state index contributed by atoms with van der Waals surface area (Å²) in [5.74, 6) is 0.257. The number of Topliss-reactive ketones (excluding diaryl/α,β-unsaturated/α-hetero) is 1. The van der Waals surface area contributed by atoms with Crippen molar-refractivity contribution in [3.8, 4) is 0 Å². The van der Waals surface area contributed by atoms with Gasteiger partial charge in [0.05, 0.1) is 0 Å². The fraction of sp³-hybridized carbons (Fsp3) is 0.562. The van der Waals surface area contributed by atoms with Crippen LogP contribution in [0.4, 0.5) is 5.69 Å². The van der Waals surface area contributed by atoms with Crippen LogP contribution in [0.1, 0.15) is 55.8 Å². The van der Waals surface area contributed by atoms with Gasteiger partial charge >= 0.3 is 0 Å². The van der Waals surface area contributed by atoms with E-state index in [9.17, 15) is 4.79 Å². The fourth-order valence-electron chi connectivity index (χ4n) is 2.66. The van der Waals surface area contributed by atoms with Crippen molar-refractivity contribution in [1.82, 2.24) is 0 Å². The van der Waals surface area contributed by atoms with Gasteiger partial charge in [-0.2, -0.15) is 0 Å². The summed E-state index contributed by atoms with van der Waals surface area (Å²) in [6.45, 7) is 4.12. The third kappa shape index (κ3) is 3.12. The maximum atomic E-state index is 12.0. The molecule has 2 rings (SSSR count). The lowest BCUT2D eigenvalue weighted by atomic mass is 10.0. The average Bonchev–Trinajstić information content (AvgIpc) is 2.38. The molecule has 1 aromatic rings. The number of anilines is 1. The van der Waals surface area contributed by atoms with Gasteiger partial charge in [0.1, 0.15) is 0 Å². The van der Waals surface area contributed by atoms with Gasteiger partial charge in [0, 0.05) is 30.8 Å². The number of para-hydroxylation sites is 1. The van der Waals surface area contributed by atoms with Crippen LogP contribution in [-0.4, -0.2) is 18.9 Å². The predicted octanol–water partition coefficient (Wildman–Crippen LogP) is 4.05. The zero-order valence-corrected chi connectivity index (χ0v) is 11.3. The number of carbonyl (C=O) groups excluding carboxylic acids is 1. The van der Waals surface area contributed by atoms with Crippen molar-refractivity contribution < 1.29 is 4.79 Å². The minimum Gasteiger partial charge on any atom is -0.371 e. The van der Waals surface area contributed by atoms with Crippen molar-refractivity contribution in [3.05, 3.63) is 29.8 Å². The lowest BCUT2D eigenvalue weighted by Gasteiger charge is -2.28. The Kier molecular flexibility index (Phi) is 4.80. The van der Waals surface area contributed by atoms with E-state index in [1.54, 1.807) is 0 Å². The highest BCUT2D eigenvalue weighted by molar-refractivity contribution is 6.01. The van der Waals surface area contributed by atoms with Crippen molar-refractivity contribution >= 4 is 11.5 Å². The van der Waals surface area contributed by atoms with Gasteiger partial charge in [0.2, 0.25) is 0 Å². The Morgan fingerprint density at radius 2 is 1.67 bits per heavy atom. The minimum absolute atomic E-state index is 0.257. The first kappa shape index (κ1) is 13.1. The molecule has 2 nitrogen and oxygen atoms in total. The first-order chi connectivity index (χ1) is 8.83. The van der Waals surface area contributed by atoms with Gasteiger partial charge in [-0.3, -0.25) is 4.79 Å². The molecule has 18 heavy (non-hydrogen) atoms. The summed E-state index contributed by atoms with van der Waals surface area (Å²) in [7, 11) is 0. The highest BCUT2D eigenvalue weighted by Gasteiger charge is 2.15. The molecule has 0 aromatic heterocycles. The molecule has 1 aliphatic heterocycles. The number of nitrogens with zero attached hydrogens (tertiary/aromatic N) is 1. The smallest absolute Gasteiger partial charge is 0.164 e. The molecule has 0 atom stereocenters. The summed E-state index contributed by atoms with van der Waals surface area (Å²) < 4.78 is 0. The van der Waals surface area contributed by atoms with Crippen LogP contribution in [0.2, 0.25) is 0 Å². The molecular formula is C16H23NO. The summed E-state index contributed by atoms with van der Waals surface area (Å²) in [5, 5.41) is 0. The molecule has 0 N–H and O–H groups in total. The SMILES string of the molecule is CCC(=O)c1ccccc1N1CCCCCCC1. The van der Waals surface area contributed by atoms with E-state index in [4.69, 9.17) is 0 Å². The van der Waals surface area contributed by atoms with Crippen LogP contribution in [0.5, 0.6) is 0 Å². The van der Waals surface area contributed by atoms with Gasteiger partial charge in [0.25, 0.3) is 0 Å². The third-order valence-corrected chi connectivity index (χ3v) is 3.72. The Bertz CT molecular complexity index is 392. The lowest BCUT2D eigenvalue weighted by molar-refractivity contribution is 0.0988. The number of ketones is 1. The molecule has 0 aliphatic carbocycles. The average molecular weight is 245 g/mol. The fourth-order valence-corrected chi connectivity index (χ4v) is 2.66. The molecule has 0 spiro atoms. The standard InChI is InChI=1S/C16H23NO/c1-2-16(18)14-10-6-7-11-15(14)17-12-8-4-3-5-9-13-17/h6-7,10-11H,2-5,8-9,12-13H2,1H3. The molecule has 1 fully saturated rings. The van der Waals surface area contributed by atoms with Crippen LogP contribution in [0, 0.1) is 0 Å². The lowest BCUT2D eigenvalue weighted by Crippen LogP contribution is -2.28. The highest BCUT2D eigenvalue weighted by Crippen LogP contribution is 2.24. The van der Waals surface area contributed by atoms with Gasteiger partial charge in [-0.15, -0.1) is 0 Å². The summed E-state index contributed by atoms with van der Waals surface area (Å²) in [6.07, 6.45) is 7.08. The Labute approximate surface area is 110 Å². The molecule has 2 heteroatoms. The van der Waals surface area contributed by atoms with E-state index in [0.717, 1.165) is 24.3 Å². The number of hydrogen-bond donors (Lipinski definition) is 0. The quantitative estimate of drug-likeness (QED) is 0.749. The van der Waals surface area contributed by atoms with Crippen molar-refractivity contribution in [2.75, 3.05) is 18.0 Å². The molecule has 0 saturated carbocycles. The third-order valence-electron chi connectivity index (χ3n) is 3.72. The summed E-state index contributed by atoms with van der Waals surface area (Å²) in [6, 6.07) is 8.08. The number of benzene rings is 1. The van der Waals surface area contributed by atoms with Crippen molar-refractivity contribution in [3.63, 3.8) is 0 Å². The first-order valence-electron chi connectivity index (χ1n) is 7.20. The second-order valence-electron chi connectivity index (χ2n) is 5.05. The Balaban J connectivity index is 2.22. The largest absolute Gasteiger partial charge is 0.371 e. The van der Waals surface area contributed by atoms with Crippen molar-refractivity contribution in [2.24, 2.45) is 0 Å². The van der Waals surface area contributed by atoms with Gasteiger partial charge < -0.3 is 4.90 Å². The van der Waals surface area contributed by atoms with E-state index < -0.39 is 0 Å². The number of carbonyl (C=O) groups is 1. The van der Waals surface area contributed by atoms with Gasteiger partial charge in [-0.05, 0) is 25.0 Å². The van der Waals surface area contributed by atoms with E-state index in [2.05, 4.69) is 11.0 Å². The zero-order valence-electron chi connectivity index (χ0n) is 11.3. The van der Waals surface area contributed by atoms with Crippen LogP contribution in [0.3, 0.4) is 0 Å². The van der Waals surface area contributed by atoms with E-state index in [1.807, 2.05) is 25.1 Å². The minimum atomic E-state index is 0.257. The second-order valence-corrected chi connectivity index (χ2v) is 5.05. The molecule has 0 radical (unpaired) electrons. The predicted molar refractivity (Wildman–Crippen MR) is 76.4 cm³/mol. The van der Waals surface area contributed by atoms with E-state index >= 15 is 0 Å². The molecule has 0 unspecified atom stereocenters. The Morgan fingerprint density at radius 1 is 1.06 bits per heavy atom. The van der Waals surface area contributed by atoms with E-state index in [1.165, 1.54) is 32.1 Å². The maximum Gasteiger partial charge on any atom is 0.164 e. The summed E-state index contributed by atoms with van der Waals surface area (Å²) >= 11 is 0. The molecule has 0 bridgehead atoms. The molecule has 98 valence electrons.